The van der Waals surface area contributed by atoms with Gasteiger partial charge < -0.3 is 10.1 Å². The predicted molar refractivity (Wildman–Crippen MR) is 148 cm³/mol. The van der Waals surface area contributed by atoms with Crippen LogP contribution in [0, 0.1) is 5.92 Å². The molecule has 1 N–H and O–H groups in total. The SMILES string of the molecule is CCS(=O)(=O)c1ccc(CNc2nc3cnc(-c4c(OC)ncnc4C4CC4)nc3n(C(C)C3CC3)c2=O)cn1. The molecule has 0 amide bonds. The van der Waals surface area contributed by atoms with Gasteiger partial charge in [0.15, 0.2) is 32.2 Å². The van der Waals surface area contributed by atoms with Crippen LogP contribution >= 0.6 is 0 Å². The van der Waals surface area contributed by atoms with Crippen molar-refractivity contribution in [2.24, 2.45) is 5.92 Å². The van der Waals surface area contributed by atoms with Crippen LogP contribution in [0.2, 0.25) is 0 Å². The molecule has 0 bridgehead atoms. The molecule has 4 aromatic rings. The number of ether oxygens (including phenoxy) is 1. The molecule has 2 saturated carbocycles. The summed E-state index contributed by atoms with van der Waals surface area (Å²) < 4.78 is 31.4. The van der Waals surface area contributed by atoms with Gasteiger partial charge in [-0.3, -0.25) is 9.36 Å². The highest BCUT2D eigenvalue weighted by Crippen LogP contribution is 2.45. The maximum atomic E-state index is 13.8. The molecular formula is C27H30N8O4S. The number of aromatic nitrogens is 7. The summed E-state index contributed by atoms with van der Waals surface area (Å²) in [5, 5.41) is 3.14. The molecule has 0 aromatic carbocycles. The molecule has 12 nitrogen and oxygen atoms in total. The Bertz CT molecular complexity index is 1750. The molecule has 0 saturated heterocycles. The van der Waals surface area contributed by atoms with Gasteiger partial charge in [0.25, 0.3) is 5.56 Å². The van der Waals surface area contributed by atoms with Gasteiger partial charge in [0, 0.05) is 24.7 Å². The van der Waals surface area contributed by atoms with Crippen molar-refractivity contribution in [1.29, 1.82) is 0 Å². The minimum atomic E-state index is -3.39. The Hall–Kier alpha value is -4.00. The Morgan fingerprint density at radius 1 is 1.07 bits per heavy atom. The quantitative estimate of drug-likeness (QED) is 0.303. The second-order valence-corrected chi connectivity index (χ2v) is 12.5. The minimum Gasteiger partial charge on any atom is -0.480 e. The number of hydrogen-bond acceptors (Lipinski definition) is 11. The van der Waals surface area contributed by atoms with Crippen LogP contribution in [-0.4, -0.2) is 55.8 Å². The second-order valence-electron chi connectivity index (χ2n) is 10.3. The average Bonchev–Trinajstić information content (AvgIpc) is 3.89. The Balaban J connectivity index is 1.39. The molecule has 208 valence electrons. The van der Waals surface area contributed by atoms with Gasteiger partial charge in [0.05, 0.1) is 24.8 Å². The van der Waals surface area contributed by atoms with Crippen LogP contribution in [0.1, 0.15) is 62.7 Å². The summed E-state index contributed by atoms with van der Waals surface area (Å²) in [6, 6.07) is 3.07. The van der Waals surface area contributed by atoms with E-state index in [1.807, 2.05) is 6.92 Å². The van der Waals surface area contributed by atoms with Gasteiger partial charge in [0.2, 0.25) is 5.88 Å². The van der Waals surface area contributed by atoms with Crippen LogP contribution in [0.4, 0.5) is 5.82 Å². The molecule has 0 radical (unpaired) electrons. The normalized spacial score (nSPS) is 16.2. The molecule has 40 heavy (non-hydrogen) atoms. The van der Waals surface area contributed by atoms with Gasteiger partial charge in [-0.05, 0) is 50.2 Å². The van der Waals surface area contributed by atoms with Crippen molar-refractivity contribution < 1.29 is 13.2 Å². The minimum absolute atomic E-state index is 0.0208. The number of nitrogens with one attached hydrogen (secondary N) is 1. The number of anilines is 1. The molecular weight excluding hydrogens is 532 g/mol. The summed E-state index contributed by atoms with van der Waals surface area (Å²) in [5.74, 6) is 1.64. The van der Waals surface area contributed by atoms with Crippen molar-refractivity contribution in [3.05, 3.63) is 52.5 Å². The fourth-order valence-corrected chi connectivity index (χ4v) is 5.64. The van der Waals surface area contributed by atoms with E-state index in [1.54, 1.807) is 30.9 Å². The lowest BCUT2D eigenvalue weighted by Crippen LogP contribution is -2.29. The molecule has 2 aliphatic rings. The Morgan fingerprint density at radius 2 is 1.88 bits per heavy atom. The Labute approximate surface area is 231 Å². The van der Waals surface area contributed by atoms with Crippen LogP contribution in [-0.2, 0) is 16.4 Å². The van der Waals surface area contributed by atoms with E-state index in [4.69, 9.17) is 9.72 Å². The van der Waals surface area contributed by atoms with E-state index in [-0.39, 0.29) is 34.7 Å². The molecule has 2 aliphatic carbocycles. The molecule has 13 heteroatoms. The zero-order valence-electron chi connectivity index (χ0n) is 22.5. The van der Waals surface area contributed by atoms with Crippen LogP contribution in [0.15, 0.2) is 40.7 Å². The lowest BCUT2D eigenvalue weighted by molar-refractivity contribution is 0.397. The average molecular weight is 563 g/mol. The second kappa shape index (κ2) is 10.2. The first-order valence-corrected chi connectivity index (χ1v) is 15.1. The number of pyridine rings is 1. The first kappa shape index (κ1) is 26.2. The molecule has 2 fully saturated rings. The van der Waals surface area contributed by atoms with Gasteiger partial charge >= 0.3 is 0 Å². The molecule has 4 heterocycles. The lowest BCUT2D eigenvalue weighted by atomic mass is 10.1. The van der Waals surface area contributed by atoms with Crippen molar-refractivity contribution in [2.75, 3.05) is 18.2 Å². The maximum Gasteiger partial charge on any atom is 0.295 e. The van der Waals surface area contributed by atoms with Gasteiger partial charge in [-0.2, -0.15) is 0 Å². The summed E-state index contributed by atoms with van der Waals surface area (Å²) in [6.45, 7) is 3.85. The lowest BCUT2D eigenvalue weighted by Gasteiger charge is -2.19. The van der Waals surface area contributed by atoms with Gasteiger partial charge in [-0.15, -0.1) is 0 Å². The number of methoxy groups -OCH3 is 1. The zero-order chi connectivity index (χ0) is 28.0. The summed E-state index contributed by atoms with van der Waals surface area (Å²) in [5.41, 5.74) is 2.86. The van der Waals surface area contributed by atoms with E-state index < -0.39 is 9.84 Å². The standard InChI is InChI=1S/C27H30N8O4S/c1-4-40(37,38)20-10-5-16(11-28-20)12-29-24-27(36)35(15(2)17-6-7-17)25-19(33-24)13-30-23(34-25)21-22(18-8-9-18)31-14-32-26(21)39-3/h5,10-11,13-15,17-18H,4,6-9,12H2,1-3H3,(H,29,33). The van der Waals surface area contributed by atoms with Gasteiger partial charge in [0.1, 0.15) is 17.4 Å². The van der Waals surface area contributed by atoms with E-state index in [0.717, 1.165) is 31.4 Å². The zero-order valence-corrected chi connectivity index (χ0v) is 23.3. The third kappa shape index (κ3) is 4.89. The van der Waals surface area contributed by atoms with Crippen LogP contribution in [0.25, 0.3) is 22.6 Å². The topological polar surface area (TPSA) is 155 Å². The highest BCUT2D eigenvalue weighted by atomic mass is 32.2. The Morgan fingerprint density at radius 3 is 2.52 bits per heavy atom. The first-order chi connectivity index (χ1) is 19.3. The van der Waals surface area contributed by atoms with Crippen LogP contribution in [0.5, 0.6) is 5.88 Å². The largest absolute Gasteiger partial charge is 0.480 e. The van der Waals surface area contributed by atoms with Crippen molar-refractivity contribution in [1.82, 2.24) is 34.5 Å². The van der Waals surface area contributed by atoms with E-state index in [1.165, 1.54) is 18.6 Å². The number of fused-ring (bicyclic) bond motifs is 1. The maximum absolute atomic E-state index is 13.8. The number of nitrogens with zero attached hydrogens (tertiary/aromatic N) is 7. The van der Waals surface area contributed by atoms with E-state index in [9.17, 15) is 13.2 Å². The van der Waals surface area contributed by atoms with E-state index in [2.05, 4.69) is 30.2 Å². The number of rotatable bonds is 10. The third-order valence-electron chi connectivity index (χ3n) is 7.52. The molecule has 0 spiro atoms. The highest BCUT2D eigenvalue weighted by Gasteiger charge is 2.34. The molecule has 4 aromatic heterocycles. The number of sulfone groups is 1. The predicted octanol–water partition coefficient (Wildman–Crippen LogP) is 3.30. The molecule has 0 aliphatic heterocycles. The third-order valence-corrected chi connectivity index (χ3v) is 9.16. The van der Waals surface area contributed by atoms with Crippen molar-refractivity contribution in [2.45, 2.75) is 63.1 Å². The van der Waals surface area contributed by atoms with Crippen molar-refractivity contribution in [3.63, 3.8) is 0 Å². The van der Waals surface area contributed by atoms with Crippen LogP contribution in [0.3, 0.4) is 0 Å². The molecule has 6 rings (SSSR count). The summed E-state index contributed by atoms with van der Waals surface area (Å²) >= 11 is 0. The van der Waals surface area contributed by atoms with Crippen molar-refractivity contribution in [3.8, 4) is 17.3 Å². The van der Waals surface area contributed by atoms with Crippen molar-refractivity contribution >= 4 is 26.8 Å². The van der Waals surface area contributed by atoms with Crippen LogP contribution < -0.4 is 15.6 Å². The first-order valence-electron chi connectivity index (χ1n) is 13.4. The number of hydrogen-bond donors (Lipinski definition) is 1. The summed E-state index contributed by atoms with van der Waals surface area (Å²) in [6.07, 6.45) is 8.76. The fraction of sp³-hybridized carbons (Fsp3) is 0.444. The smallest absolute Gasteiger partial charge is 0.295 e. The highest BCUT2D eigenvalue weighted by molar-refractivity contribution is 7.91. The molecule has 1 atom stereocenters. The monoisotopic (exact) mass is 562 g/mol. The van der Waals surface area contributed by atoms with Gasteiger partial charge in [-0.1, -0.05) is 13.0 Å². The summed E-state index contributed by atoms with van der Waals surface area (Å²) in [4.78, 5) is 40.7. The fourth-order valence-electron chi connectivity index (χ4n) is 4.85. The van der Waals surface area contributed by atoms with E-state index in [0.29, 0.717) is 45.8 Å². The molecule has 1 unspecified atom stereocenters. The van der Waals surface area contributed by atoms with Gasteiger partial charge in [-0.25, -0.2) is 38.3 Å². The van der Waals surface area contributed by atoms with E-state index >= 15 is 0 Å². The Kier molecular flexibility index (Phi) is 6.69. The summed E-state index contributed by atoms with van der Waals surface area (Å²) in [7, 11) is -1.83.